The molecule has 0 spiro atoms. The molecule has 0 aliphatic carbocycles. The van der Waals surface area contributed by atoms with Crippen molar-refractivity contribution in [1.82, 2.24) is 30.0 Å². The van der Waals surface area contributed by atoms with Crippen LogP contribution in [0.25, 0.3) is 5.82 Å². The fourth-order valence-electron chi connectivity index (χ4n) is 1.71. The van der Waals surface area contributed by atoms with Crippen LogP contribution in [0.15, 0.2) is 18.7 Å². The highest BCUT2D eigenvalue weighted by molar-refractivity contribution is 6.29. The smallest absolute Gasteiger partial charge is 0.408 e. The Kier molecular flexibility index (Phi) is 4.60. The minimum Gasteiger partial charge on any atom is -0.444 e. The molecule has 1 N–H and O–H groups in total. The van der Waals surface area contributed by atoms with Crippen LogP contribution in [-0.2, 0) is 4.74 Å². The molecule has 0 aliphatic heterocycles. The summed E-state index contributed by atoms with van der Waals surface area (Å²) in [6.45, 7) is 7.15. The first-order chi connectivity index (χ1) is 10.3. The predicted octanol–water partition coefficient (Wildman–Crippen LogP) is 2.30. The third kappa shape index (κ3) is 4.14. The first-order valence-electron chi connectivity index (χ1n) is 6.63. The summed E-state index contributed by atoms with van der Waals surface area (Å²) in [6.07, 6.45) is 2.17. The largest absolute Gasteiger partial charge is 0.444 e. The van der Waals surface area contributed by atoms with Crippen LogP contribution in [0.2, 0.25) is 5.15 Å². The molecule has 0 aliphatic rings. The van der Waals surface area contributed by atoms with Gasteiger partial charge in [0.2, 0.25) is 0 Å². The first-order valence-corrected chi connectivity index (χ1v) is 7.01. The predicted molar refractivity (Wildman–Crippen MR) is 79.7 cm³/mol. The van der Waals surface area contributed by atoms with Crippen LogP contribution in [0.4, 0.5) is 4.79 Å². The summed E-state index contributed by atoms with van der Waals surface area (Å²) in [5.74, 6) is 0.964. The summed E-state index contributed by atoms with van der Waals surface area (Å²) in [4.78, 5) is 23.9. The van der Waals surface area contributed by atoms with Gasteiger partial charge in [-0.2, -0.15) is 9.78 Å². The van der Waals surface area contributed by atoms with Gasteiger partial charge in [0.1, 0.15) is 23.4 Å². The van der Waals surface area contributed by atoms with Gasteiger partial charge >= 0.3 is 6.09 Å². The molecule has 0 saturated carbocycles. The molecule has 0 fully saturated rings. The molecule has 2 heterocycles. The number of hydrogen-bond acceptors (Lipinski definition) is 6. The molecule has 0 unspecified atom stereocenters. The molecular formula is C13H17ClN6O2. The number of carbonyl (C=O) groups excluding carboxylic acids is 1. The standard InChI is InChI=1S/C13H17ClN6O2/c1-8(19-12(21)22-13(2,3)4)11-17-7-18-20(11)10-5-9(14)15-6-16-10/h5-8H,1-4H3,(H,19,21)/t8-/m0/s1. The van der Waals surface area contributed by atoms with Crippen LogP contribution < -0.4 is 5.32 Å². The summed E-state index contributed by atoms with van der Waals surface area (Å²) in [6, 6.07) is 1.13. The average molecular weight is 325 g/mol. The van der Waals surface area contributed by atoms with E-state index in [-0.39, 0.29) is 0 Å². The maximum absolute atomic E-state index is 11.8. The number of hydrogen-bond donors (Lipinski definition) is 1. The van der Waals surface area contributed by atoms with E-state index in [1.165, 1.54) is 17.3 Å². The Hall–Kier alpha value is -2.22. The summed E-state index contributed by atoms with van der Waals surface area (Å²) in [5.41, 5.74) is -0.572. The molecule has 118 valence electrons. The Morgan fingerprint density at radius 3 is 2.68 bits per heavy atom. The zero-order chi connectivity index (χ0) is 16.3. The summed E-state index contributed by atoms with van der Waals surface area (Å²) in [5, 5.41) is 7.09. The van der Waals surface area contributed by atoms with Gasteiger partial charge in [0.15, 0.2) is 11.6 Å². The van der Waals surface area contributed by atoms with Crippen molar-refractivity contribution in [1.29, 1.82) is 0 Å². The lowest BCUT2D eigenvalue weighted by atomic mass is 10.2. The topological polar surface area (TPSA) is 94.8 Å². The Labute approximate surface area is 132 Å². The zero-order valence-electron chi connectivity index (χ0n) is 12.7. The lowest BCUT2D eigenvalue weighted by molar-refractivity contribution is 0.0505. The summed E-state index contributed by atoms with van der Waals surface area (Å²) < 4.78 is 6.70. The number of alkyl carbamates (subject to hydrolysis) is 1. The molecule has 0 bridgehead atoms. The number of halogens is 1. The Bertz CT molecular complexity index is 667. The third-order valence-electron chi connectivity index (χ3n) is 2.53. The molecule has 2 rings (SSSR count). The van der Waals surface area contributed by atoms with Gasteiger partial charge in [0.05, 0.1) is 6.04 Å². The summed E-state index contributed by atoms with van der Waals surface area (Å²) in [7, 11) is 0. The Morgan fingerprint density at radius 1 is 1.32 bits per heavy atom. The first kappa shape index (κ1) is 16.2. The number of ether oxygens (including phenoxy) is 1. The lowest BCUT2D eigenvalue weighted by Gasteiger charge is -2.21. The van der Waals surface area contributed by atoms with Gasteiger partial charge < -0.3 is 10.1 Å². The van der Waals surface area contributed by atoms with Crippen molar-refractivity contribution < 1.29 is 9.53 Å². The Morgan fingerprint density at radius 2 is 2.05 bits per heavy atom. The van der Waals surface area contributed by atoms with Crippen LogP contribution in [0.5, 0.6) is 0 Å². The van der Waals surface area contributed by atoms with Gasteiger partial charge in [-0.05, 0) is 27.7 Å². The maximum atomic E-state index is 11.8. The van der Waals surface area contributed by atoms with E-state index in [4.69, 9.17) is 16.3 Å². The van der Waals surface area contributed by atoms with Crippen molar-refractivity contribution in [3.63, 3.8) is 0 Å². The van der Waals surface area contributed by atoms with E-state index in [1.54, 1.807) is 33.8 Å². The fourth-order valence-corrected chi connectivity index (χ4v) is 1.85. The van der Waals surface area contributed by atoms with E-state index in [0.29, 0.717) is 16.8 Å². The molecule has 22 heavy (non-hydrogen) atoms. The van der Waals surface area contributed by atoms with Crippen LogP contribution >= 0.6 is 11.6 Å². The number of amides is 1. The number of carbonyl (C=O) groups is 1. The van der Waals surface area contributed by atoms with Crippen molar-refractivity contribution in [2.45, 2.75) is 39.3 Å². The number of rotatable bonds is 3. The monoisotopic (exact) mass is 324 g/mol. The Balaban J connectivity index is 2.17. The maximum Gasteiger partial charge on any atom is 0.408 e. The quantitative estimate of drug-likeness (QED) is 0.870. The number of nitrogens with zero attached hydrogens (tertiary/aromatic N) is 5. The molecule has 1 amide bonds. The van der Waals surface area contributed by atoms with E-state index in [0.717, 1.165) is 0 Å². The lowest BCUT2D eigenvalue weighted by Crippen LogP contribution is -2.35. The molecule has 0 aromatic carbocycles. The van der Waals surface area contributed by atoms with Crippen molar-refractivity contribution >= 4 is 17.7 Å². The highest BCUT2D eigenvalue weighted by Crippen LogP contribution is 2.16. The number of aromatic nitrogens is 5. The van der Waals surface area contributed by atoms with E-state index in [9.17, 15) is 4.79 Å². The van der Waals surface area contributed by atoms with Gasteiger partial charge in [-0.3, -0.25) is 0 Å². The van der Waals surface area contributed by atoms with E-state index in [2.05, 4.69) is 25.4 Å². The molecule has 0 radical (unpaired) electrons. The average Bonchev–Trinajstić information content (AvgIpc) is 2.85. The van der Waals surface area contributed by atoms with Gasteiger partial charge in [0, 0.05) is 6.07 Å². The second-order valence-electron chi connectivity index (χ2n) is 5.60. The highest BCUT2D eigenvalue weighted by atomic mass is 35.5. The van der Waals surface area contributed by atoms with E-state index in [1.807, 2.05) is 0 Å². The second-order valence-corrected chi connectivity index (χ2v) is 5.98. The van der Waals surface area contributed by atoms with Crippen molar-refractivity contribution in [3.05, 3.63) is 29.7 Å². The molecular weight excluding hydrogens is 308 g/mol. The molecule has 9 heteroatoms. The molecule has 0 saturated heterocycles. The highest BCUT2D eigenvalue weighted by Gasteiger charge is 2.21. The fraction of sp³-hybridized carbons (Fsp3) is 0.462. The van der Waals surface area contributed by atoms with Crippen LogP contribution in [0, 0.1) is 0 Å². The van der Waals surface area contributed by atoms with Gasteiger partial charge in [-0.25, -0.2) is 19.7 Å². The van der Waals surface area contributed by atoms with Crippen LogP contribution in [-0.4, -0.2) is 36.4 Å². The van der Waals surface area contributed by atoms with E-state index < -0.39 is 17.7 Å². The van der Waals surface area contributed by atoms with Gasteiger partial charge in [0.25, 0.3) is 0 Å². The van der Waals surface area contributed by atoms with Crippen molar-refractivity contribution in [3.8, 4) is 5.82 Å². The van der Waals surface area contributed by atoms with E-state index >= 15 is 0 Å². The third-order valence-corrected chi connectivity index (χ3v) is 2.74. The SMILES string of the molecule is C[C@H](NC(=O)OC(C)(C)C)c1ncnn1-c1cc(Cl)ncn1. The molecule has 1 atom stereocenters. The molecule has 8 nitrogen and oxygen atoms in total. The number of nitrogens with one attached hydrogen (secondary N) is 1. The zero-order valence-corrected chi connectivity index (χ0v) is 13.5. The molecule has 2 aromatic heterocycles. The van der Waals surface area contributed by atoms with Gasteiger partial charge in [-0.15, -0.1) is 0 Å². The summed E-state index contributed by atoms with van der Waals surface area (Å²) >= 11 is 5.85. The van der Waals surface area contributed by atoms with Crippen molar-refractivity contribution in [2.75, 3.05) is 0 Å². The normalized spacial score (nSPS) is 12.8. The van der Waals surface area contributed by atoms with Crippen molar-refractivity contribution in [2.24, 2.45) is 0 Å². The minimum absolute atomic E-state index is 0.291. The van der Waals surface area contributed by atoms with Gasteiger partial charge in [-0.1, -0.05) is 11.6 Å². The molecule has 2 aromatic rings. The van der Waals surface area contributed by atoms with Crippen LogP contribution in [0.1, 0.15) is 39.6 Å². The second kappa shape index (κ2) is 6.27. The minimum atomic E-state index is -0.572. The van der Waals surface area contributed by atoms with Crippen LogP contribution in [0.3, 0.4) is 0 Å².